The molecule has 2 N–H and O–H groups in total. The van der Waals surface area contributed by atoms with Crippen molar-refractivity contribution in [2.45, 2.75) is 6.04 Å². The summed E-state index contributed by atoms with van der Waals surface area (Å²) in [6.07, 6.45) is 0. The Hall–Kier alpha value is -1.55. The van der Waals surface area contributed by atoms with Crippen LogP contribution in [0.4, 0.5) is 0 Å². The molecule has 1 aromatic carbocycles. The van der Waals surface area contributed by atoms with Gasteiger partial charge in [-0.2, -0.15) is 0 Å². The number of rotatable bonds is 1. The first-order valence-corrected chi connectivity index (χ1v) is 4.89. The first-order valence-electron chi connectivity index (χ1n) is 4.51. The molecule has 1 saturated heterocycles. The Bertz CT molecular complexity index is 430. The molecule has 4 nitrogen and oxygen atoms in total. The van der Waals surface area contributed by atoms with Gasteiger partial charge in [0, 0.05) is 17.6 Å². The summed E-state index contributed by atoms with van der Waals surface area (Å²) in [5.41, 5.74) is 0.760. The summed E-state index contributed by atoms with van der Waals surface area (Å²) in [4.78, 5) is 15.5. The number of nitrogens with one attached hydrogen (secondary N) is 2. The average Bonchev–Trinajstić information content (AvgIpc) is 2.60. The number of carbonyl (C=O) groups is 1. The van der Waals surface area contributed by atoms with Gasteiger partial charge in [-0.15, -0.1) is 0 Å². The Kier molecular flexibility index (Phi) is 2.60. The number of hydrogen-bond acceptors (Lipinski definition) is 2. The molecule has 15 heavy (non-hydrogen) atoms. The second kappa shape index (κ2) is 3.90. The Morgan fingerprint density at radius 2 is 2.13 bits per heavy atom. The summed E-state index contributed by atoms with van der Waals surface area (Å²) in [5.74, 6) is 0.341. The van der Waals surface area contributed by atoms with Crippen molar-refractivity contribution < 1.29 is 4.79 Å². The molecule has 0 bridgehead atoms. The van der Waals surface area contributed by atoms with Gasteiger partial charge in [0.2, 0.25) is 0 Å². The number of halogens is 1. The number of nitrogens with zero attached hydrogens (tertiary/aromatic N) is 1. The van der Waals surface area contributed by atoms with Crippen LogP contribution in [0.5, 0.6) is 0 Å². The highest BCUT2D eigenvalue weighted by Gasteiger charge is 2.30. The largest absolute Gasteiger partial charge is 0.340 e. The lowest BCUT2D eigenvalue weighted by Gasteiger charge is -2.09. The van der Waals surface area contributed by atoms with Gasteiger partial charge in [0.1, 0.15) is 6.04 Å². The average molecular weight is 224 g/mol. The standard InChI is InChI=1S/C10H10ClN3O/c1-12-10-13-8(9(15)14-10)6-4-2-3-5-7(6)11/h2-5,8H,1H3,(H2,12,13,14,15). The van der Waals surface area contributed by atoms with Gasteiger partial charge in [0.25, 0.3) is 5.91 Å². The zero-order chi connectivity index (χ0) is 10.8. The number of aliphatic imine (C=N–C) groups is 1. The van der Waals surface area contributed by atoms with Crippen molar-refractivity contribution in [2.75, 3.05) is 7.05 Å². The van der Waals surface area contributed by atoms with E-state index in [1.807, 2.05) is 18.2 Å². The molecule has 1 atom stereocenters. The summed E-state index contributed by atoms with van der Waals surface area (Å²) >= 11 is 6.00. The van der Waals surface area contributed by atoms with Crippen LogP contribution >= 0.6 is 11.6 Å². The number of benzene rings is 1. The molecule has 2 rings (SSSR count). The molecule has 1 aliphatic heterocycles. The molecule has 5 heteroatoms. The maximum Gasteiger partial charge on any atom is 0.253 e. The van der Waals surface area contributed by atoms with E-state index in [0.717, 1.165) is 5.56 Å². The minimum atomic E-state index is -0.447. The number of amides is 1. The predicted molar refractivity (Wildman–Crippen MR) is 58.8 cm³/mol. The summed E-state index contributed by atoms with van der Waals surface area (Å²) in [6, 6.07) is 6.80. The van der Waals surface area contributed by atoms with E-state index in [1.165, 1.54) is 0 Å². The van der Waals surface area contributed by atoms with Crippen molar-refractivity contribution in [3.63, 3.8) is 0 Å². The molecule has 0 spiro atoms. The van der Waals surface area contributed by atoms with Crippen LogP contribution in [0, 0.1) is 0 Å². The fraction of sp³-hybridized carbons (Fsp3) is 0.200. The highest BCUT2D eigenvalue weighted by molar-refractivity contribution is 6.31. The molecular formula is C10H10ClN3O. The van der Waals surface area contributed by atoms with Gasteiger partial charge in [-0.25, -0.2) is 0 Å². The smallest absolute Gasteiger partial charge is 0.253 e. The normalized spacial score (nSPS) is 22.7. The summed E-state index contributed by atoms with van der Waals surface area (Å²) in [5, 5.41) is 6.14. The number of carbonyl (C=O) groups excluding carboxylic acids is 1. The Morgan fingerprint density at radius 3 is 2.73 bits per heavy atom. The highest BCUT2D eigenvalue weighted by Crippen LogP contribution is 2.24. The van der Waals surface area contributed by atoms with Crippen LogP contribution in [-0.4, -0.2) is 18.9 Å². The summed E-state index contributed by atoms with van der Waals surface area (Å²) in [6.45, 7) is 0. The maximum atomic E-state index is 11.6. The Labute approximate surface area is 92.3 Å². The third-order valence-corrected chi connectivity index (χ3v) is 2.57. The second-order valence-corrected chi connectivity index (χ2v) is 3.57. The lowest BCUT2D eigenvalue weighted by atomic mass is 10.1. The van der Waals surface area contributed by atoms with Crippen molar-refractivity contribution in [3.05, 3.63) is 34.9 Å². The van der Waals surface area contributed by atoms with Gasteiger partial charge < -0.3 is 5.32 Å². The third kappa shape index (κ3) is 1.80. The van der Waals surface area contributed by atoms with Crippen molar-refractivity contribution in [3.8, 4) is 0 Å². The minimum Gasteiger partial charge on any atom is -0.340 e. The van der Waals surface area contributed by atoms with E-state index in [1.54, 1.807) is 13.1 Å². The zero-order valence-electron chi connectivity index (χ0n) is 8.12. The van der Waals surface area contributed by atoms with Crippen molar-refractivity contribution in [2.24, 2.45) is 4.99 Å². The Balaban J connectivity index is 2.33. The van der Waals surface area contributed by atoms with Gasteiger partial charge in [0.15, 0.2) is 5.96 Å². The Morgan fingerprint density at radius 1 is 1.40 bits per heavy atom. The van der Waals surface area contributed by atoms with Gasteiger partial charge >= 0.3 is 0 Å². The van der Waals surface area contributed by atoms with Crippen molar-refractivity contribution in [1.29, 1.82) is 0 Å². The molecule has 1 unspecified atom stereocenters. The number of guanidine groups is 1. The summed E-state index contributed by atoms with van der Waals surface area (Å²) < 4.78 is 0. The minimum absolute atomic E-state index is 0.135. The van der Waals surface area contributed by atoms with Crippen LogP contribution in [0.3, 0.4) is 0 Å². The van der Waals surface area contributed by atoms with Crippen molar-refractivity contribution in [1.82, 2.24) is 10.6 Å². The molecule has 1 heterocycles. The van der Waals surface area contributed by atoms with Crippen LogP contribution in [0.15, 0.2) is 29.3 Å². The van der Waals surface area contributed by atoms with E-state index in [0.29, 0.717) is 11.0 Å². The maximum absolute atomic E-state index is 11.6. The van der Waals surface area contributed by atoms with Crippen LogP contribution in [0.1, 0.15) is 11.6 Å². The highest BCUT2D eigenvalue weighted by atomic mass is 35.5. The van der Waals surface area contributed by atoms with E-state index < -0.39 is 6.04 Å². The summed E-state index contributed by atoms with van der Waals surface area (Å²) in [7, 11) is 1.61. The lowest BCUT2D eigenvalue weighted by Crippen LogP contribution is -2.24. The van der Waals surface area contributed by atoms with E-state index >= 15 is 0 Å². The van der Waals surface area contributed by atoms with E-state index in [-0.39, 0.29) is 5.91 Å². The molecular weight excluding hydrogens is 214 g/mol. The van der Waals surface area contributed by atoms with E-state index in [9.17, 15) is 4.79 Å². The molecule has 1 fully saturated rings. The van der Waals surface area contributed by atoms with Crippen LogP contribution in [-0.2, 0) is 4.79 Å². The lowest BCUT2D eigenvalue weighted by molar-refractivity contribution is -0.120. The third-order valence-electron chi connectivity index (χ3n) is 2.22. The van der Waals surface area contributed by atoms with Gasteiger partial charge in [0.05, 0.1) is 0 Å². The topological polar surface area (TPSA) is 53.5 Å². The molecule has 0 aliphatic carbocycles. The van der Waals surface area contributed by atoms with Gasteiger partial charge in [-0.3, -0.25) is 15.1 Å². The van der Waals surface area contributed by atoms with Crippen molar-refractivity contribution >= 4 is 23.5 Å². The molecule has 1 amide bonds. The fourth-order valence-electron chi connectivity index (χ4n) is 1.48. The first kappa shape index (κ1) is 9.98. The molecule has 78 valence electrons. The van der Waals surface area contributed by atoms with E-state index in [2.05, 4.69) is 15.6 Å². The monoisotopic (exact) mass is 223 g/mol. The SMILES string of the molecule is CN=C1NC(=O)C(c2ccccc2Cl)N1. The number of hydrogen-bond donors (Lipinski definition) is 2. The van der Waals surface area contributed by atoms with Gasteiger partial charge in [-0.05, 0) is 6.07 Å². The molecule has 1 aliphatic rings. The first-order chi connectivity index (χ1) is 7.22. The second-order valence-electron chi connectivity index (χ2n) is 3.16. The molecule has 1 aromatic rings. The quantitative estimate of drug-likeness (QED) is 0.749. The van der Waals surface area contributed by atoms with Crippen LogP contribution in [0.2, 0.25) is 5.02 Å². The van der Waals surface area contributed by atoms with E-state index in [4.69, 9.17) is 11.6 Å². The fourth-order valence-corrected chi connectivity index (χ4v) is 1.72. The molecule has 0 radical (unpaired) electrons. The molecule has 0 aromatic heterocycles. The zero-order valence-corrected chi connectivity index (χ0v) is 8.88. The van der Waals surface area contributed by atoms with Gasteiger partial charge in [-0.1, -0.05) is 29.8 Å². The predicted octanol–water partition coefficient (Wildman–Crippen LogP) is 1.09. The molecule has 0 saturated carbocycles. The van der Waals surface area contributed by atoms with Crippen LogP contribution < -0.4 is 10.6 Å². The van der Waals surface area contributed by atoms with Crippen LogP contribution in [0.25, 0.3) is 0 Å².